The van der Waals surface area contributed by atoms with E-state index in [-0.39, 0.29) is 23.1 Å². The molecule has 0 saturated heterocycles. The van der Waals surface area contributed by atoms with Crippen LogP contribution in [-0.4, -0.2) is 13.5 Å². The Morgan fingerprint density at radius 3 is 2.70 bits per heavy atom. The molecule has 0 spiro atoms. The molecule has 1 heterocycles. The maximum Gasteiger partial charge on any atom is 0.241 e. The maximum atomic E-state index is 13.0. The van der Waals surface area contributed by atoms with Crippen molar-refractivity contribution in [3.63, 3.8) is 0 Å². The number of halogens is 2. The van der Waals surface area contributed by atoms with Crippen LogP contribution in [0.3, 0.4) is 0 Å². The number of rotatable bonds is 5. The third-order valence-electron chi connectivity index (χ3n) is 2.55. The zero-order valence-electron chi connectivity index (χ0n) is 10.1. The standard InChI is InChI=1S/C12H11ClFNO3S2/c13-11-3-8(1-2-12(11)14)5-15-20(17,18)10-4-9(6-16)19-7-10/h1-4,7,15-16H,5-6H2. The molecule has 4 nitrogen and oxygen atoms in total. The van der Waals surface area contributed by atoms with E-state index in [1.165, 1.54) is 29.6 Å². The molecule has 2 aromatic rings. The van der Waals surface area contributed by atoms with Crippen molar-refractivity contribution in [3.8, 4) is 0 Å². The van der Waals surface area contributed by atoms with Gasteiger partial charge in [0.05, 0.1) is 16.5 Å². The number of aliphatic hydroxyl groups is 1. The molecule has 0 bridgehead atoms. The van der Waals surface area contributed by atoms with Crippen molar-refractivity contribution >= 4 is 33.0 Å². The van der Waals surface area contributed by atoms with Crippen LogP contribution in [0, 0.1) is 5.82 Å². The summed E-state index contributed by atoms with van der Waals surface area (Å²) in [6, 6.07) is 5.41. The lowest BCUT2D eigenvalue weighted by Gasteiger charge is -2.06. The second-order valence-electron chi connectivity index (χ2n) is 3.98. The molecule has 8 heteroatoms. The van der Waals surface area contributed by atoms with E-state index in [9.17, 15) is 12.8 Å². The van der Waals surface area contributed by atoms with E-state index in [0.717, 1.165) is 11.3 Å². The summed E-state index contributed by atoms with van der Waals surface area (Å²) in [4.78, 5) is 0.662. The first kappa shape index (κ1) is 15.4. The van der Waals surface area contributed by atoms with Crippen LogP contribution in [0.1, 0.15) is 10.4 Å². The number of sulfonamides is 1. The quantitative estimate of drug-likeness (QED) is 0.882. The van der Waals surface area contributed by atoms with Gasteiger partial charge in [0.1, 0.15) is 5.82 Å². The highest BCUT2D eigenvalue weighted by Crippen LogP contribution is 2.20. The fourth-order valence-electron chi connectivity index (χ4n) is 1.50. The van der Waals surface area contributed by atoms with Crippen LogP contribution in [0.4, 0.5) is 4.39 Å². The van der Waals surface area contributed by atoms with Gasteiger partial charge in [0.2, 0.25) is 10.0 Å². The Labute approximate surface area is 124 Å². The van der Waals surface area contributed by atoms with E-state index in [2.05, 4.69) is 4.72 Å². The van der Waals surface area contributed by atoms with Crippen LogP contribution in [-0.2, 0) is 23.2 Å². The number of aliphatic hydroxyl groups excluding tert-OH is 1. The first-order chi connectivity index (χ1) is 9.42. The summed E-state index contributed by atoms with van der Waals surface area (Å²) in [5.41, 5.74) is 0.553. The highest BCUT2D eigenvalue weighted by molar-refractivity contribution is 7.89. The van der Waals surface area contributed by atoms with Crippen LogP contribution in [0.15, 0.2) is 34.5 Å². The maximum absolute atomic E-state index is 13.0. The van der Waals surface area contributed by atoms with Crippen molar-refractivity contribution < 1.29 is 17.9 Å². The second kappa shape index (κ2) is 6.19. The molecule has 1 aromatic carbocycles. The first-order valence-corrected chi connectivity index (χ1v) is 8.28. The van der Waals surface area contributed by atoms with Crippen molar-refractivity contribution in [1.82, 2.24) is 4.72 Å². The van der Waals surface area contributed by atoms with Crippen molar-refractivity contribution in [1.29, 1.82) is 0 Å². The Bertz CT molecular complexity index is 715. The van der Waals surface area contributed by atoms with E-state index in [1.807, 2.05) is 0 Å². The Morgan fingerprint density at radius 2 is 2.10 bits per heavy atom. The summed E-state index contributed by atoms with van der Waals surface area (Å²) < 4.78 is 39.4. The molecular formula is C12H11ClFNO3S2. The van der Waals surface area contributed by atoms with Gasteiger partial charge in [-0.25, -0.2) is 17.5 Å². The van der Waals surface area contributed by atoms with Gasteiger partial charge in [0.15, 0.2) is 0 Å². The zero-order chi connectivity index (χ0) is 14.8. The van der Waals surface area contributed by atoms with Crippen molar-refractivity contribution in [2.24, 2.45) is 0 Å². The summed E-state index contributed by atoms with van der Waals surface area (Å²) in [7, 11) is -3.66. The summed E-state index contributed by atoms with van der Waals surface area (Å²) in [6.07, 6.45) is 0. The number of hydrogen-bond donors (Lipinski definition) is 2. The summed E-state index contributed by atoms with van der Waals surface area (Å²) in [6.45, 7) is -0.194. The number of thiophene rings is 1. The van der Waals surface area contributed by atoms with Crippen LogP contribution < -0.4 is 4.72 Å². The molecule has 2 N–H and O–H groups in total. The largest absolute Gasteiger partial charge is 0.391 e. The molecule has 1 aromatic heterocycles. The predicted octanol–water partition coefficient (Wildman–Crippen LogP) is 2.51. The summed E-state index contributed by atoms with van der Waals surface area (Å²) in [5.74, 6) is -0.552. The van der Waals surface area contributed by atoms with E-state index in [0.29, 0.717) is 10.4 Å². The van der Waals surface area contributed by atoms with Gasteiger partial charge in [-0.3, -0.25) is 0 Å². The Kier molecular flexibility index (Phi) is 4.77. The van der Waals surface area contributed by atoms with Gasteiger partial charge in [-0.1, -0.05) is 17.7 Å². The molecule has 0 amide bonds. The van der Waals surface area contributed by atoms with Crippen molar-refractivity contribution in [3.05, 3.63) is 50.9 Å². The molecule has 2 rings (SSSR count). The average Bonchev–Trinajstić information content (AvgIpc) is 2.90. The van der Waals surface area contributed by atoms with Gasteiger partial charge in [-0.2, -0.15) is 0 Å². The third kappa shape index (κ3) is 3.56. The summed E-state index contributed by atoms with van der Waals surface area (Å²) in [5, 5.41) is 10.3. The number of benzene rings is 1. The van der Waals surface area contributed by atoms with Gasteiger partial charge in [-0.05, 0) is 23.8 Å². The number of hydrogen-bond acceptors (Lipinski definition) is 4. The average molecular weight is 336 g/mol. The highest BCUT2D eigenvalue weighted by atomic mass is 35.5. The molecule has 0 aliphatic heterocycles. The molecule has 0 aliphatic rings. The van der Waals surface area contributed by atoms with Gasteiger partial charge in [0, 0.05) is 16.8 Å². The lowest BCUT2D eigenvalue weighted by atomic mass is 10.2. The van der Waals surface area contributed by atoms with Crippen LogP contribution in [0.2, 0.25) is 5.02 Å². The Hall–Kier alpha value is -0.990. The minimum atomic E-state index is -3.66. The van der Waals surface area contributed by atoms with E-state index < -0.39 is 15.8 Å². The molecular weight excluding hydrogens is 325 g/mol. The van der Waals surface area contributed by atoms with Gasteiger partial charge < -0.3 is 5.11 Å². The molecule has 0 aliphatic carbocycles. The monoisotopic (exact) mass is 335 g/mol. The van der Waals surface area contributed by atoms with Crippen molar-refractivity contribution in [2.45, 2.75) is 18.0 Å². The van der Waals surface area contributed by atoms with Crippen molar-refractivity contribution in [2.75, 3.05) is 0 Å². The fraction of sp³-hybridized carbons (Fsp3) is 0.167. The molecule has 20 heavy (non-hydrogen) atoms. The SMILES string of the molecule is O=S(=O)(NCc1ccc(F)c(Cl)c1)c1csc(CO)c1. The van der Waals surface area contributed by atoms with Crippen LogP contribution in [0.5, 0.6) is 0 Å². The molecule has 0 atom stereocenters. The minimum Gasteiger partial charge on any atom is -0.391 e. The summed E-state index contributed by atoms with van der Waals surface area (Å²) >= 11 is 6.79. The molecule has 0 unspecified atom stereocenters. The second-order valence-corrected chi connectivity index (χ2v) is 7.15. The lowest BCUT2D eigenvalue weighted by molar-refractivity contribution is 0.285. The topological polar surface area (TPSA) is 66.4 Å². The number of nitrogens with one attached hydrogen (secondary N) is 1. The molecule has 0 fully saturated rings. The third-order valence-corrected chi connectivity index (χ3v) is 5.29. The zero-order valence-corrected chi connectivity index (χ0v) is 12.5. The van der Waals surface area contributed by atoms with Crippen LogP contribution in [0.25, 0.3) is 0 Å². The highest BCUT2D eigenvalue weighted by Gasteiger charge is 2.16. The van der Waals surface area contributed by atoms with E-state index >= 15 is 0 Å². The predicted molar refractivity (Wildman–Crippen MR) is 75.7 cm³/mol. The lowest BCUT2D eigenvalue weighted by Crippen LogP contribution is -2.22. The normalized spacial score (nSPS) is 11.8. The molecule has 0 radical (unpaired) electrons. The first-order valence-electron chi connectivity index (χ1n) is 5.54. The Balaban J connectivity index is 2.10. The van der Waals surface area contributed by atoms with Gasteiger partial charge in [-0.15, -0.1) is 11.3 Å². The minimum absolute atomic E-state index is 0.00659. The fourth-order valence-corrected chi connectivity index (χ4v) is 3.85. The smallest absolute Gasteiger partial charge is 0.241 e. The van der Waals surface area contributed by atoms with Gasteiger partial charge >= 0.3 is 0 Å². The van der Waals surface area contributed by atoms with E-state index in [4.69, 9.17) is 16.7 Å². The van der Waals surface area contributed by atoms with Crippen LogP contribution >= 0.6 is 22.9 Å². The molecule has 108 valence electrons. The molecule has 0 saturated carbocycles. The van der Waals surface area contributed by atoms with E-state index in [1.54, 1.807) is 0 Å². The van der Waals surface area contributed by atoms with Gasteiger partial charge in [0.25, 0.3) is 0 Å². The Morgan fingerprint density at radius 1 is 1.35 bits per heavy atom.